The van der Waals surface area contributed by atoms with Crippen molar-refractivity contribution in [3.05, 3.63) is 28.8 Å². The summed E-state index contributed by atoms with van der Waals surface area (Å²) >= 11 is 6.05. The third kappa shape index (κ3) is 3.39. The first kappa shape index (κ1) is 13.7. The predicted molar refractivity (Wildman–Crippen MR) is 75.2 cm³/mol. The molecule has 1 saturated heterocycles. The zero-order valence-electron chi connectivity index (χ0n) is 10.8. The highest BCUT2D eigenvalue weighted by Crippen LogP contribution is 2.25. The zero-order chi connectivity index (χ0) is 13.8. The fraction of sp³-hybridized carbons (Fsp3) is 0.429. The highest BCUT2D eigenvalue weighted by molar-refractivity contribution is 6.32. The van der Waals surface area contributed by atoms with Crippen LogP contribution in [0.5, 0.6) is 0 Å². The Bertz CT molecular complexity index is 524. The maximum Gasteiger partial charge on any atom is 0.217 e. The molecule has 5 heteroatoms. The van der Waals surface area contributed by atoms with E-state index in [1.54, 1.807) is 6.07 Å². The predicted octanol–water partition coefficient (Wildman–Crippen LogP) is 2.32. The molecule has 0 saturated carbocycles. The lowest BCUT2D eigenvalue weighted by atomic mass is 10.0. The van der Waals surface area contributed by atoms with Crippen LogP contribution < -0.4 is 10.2 Å². The van der Waals surface area contributed by atoms with Crippen LogP contribution in [-0.4, -0.2) is 25.0 Å². The molecule has 1 aliphatic rings. The second-order valence-electron chi connectivity index (χ2n) is 4.76. The summed E-state index contributed by atoms with van der Waals surface area (Å²) in [4.78, 5) is 13.3. The lowest BCUT2D eigenvalue weighted by molar-refractivity contribution is -0.119. The fourth-order valence-electron chi connectivity index (χ4n) is 2.41. The third-order valence-corrected chi connectivity index (χ3v) is 3.58. The number of hydrogen-bond donors (Lipinski definition) is 1. The molecule has 1 aliphatic heterocycles. The Morgan fingerprint density at radius 1 is 1.58 bits per heavy atom. The number of piperidine rings is 1. The Morgan fingerprint density at radius 3 is 3.00 bits per heavy atom. The first-order valence-electron chi connectivity index (χ1n) is 6.32. The number of nitrogens with one attached hydrogen (secondary N) is 1. The molecule has 1 amide bonds. The topological polar surface area (TPSA) is 56.1 Å². The van der Waals surface area contributed by atoms with Crippen molar-refractivity contribution < 1.29 is 4.79 Å². The van der Waals surface area contributed by atoms with Gasteiger partial charge in [-0.1, -0.05) is 11.6 Å². The van der Waals surface area contributed by atoms with E-state index in [4.69, 9.17) is 16.9 Å². The normalized spacial score (nSPS) is 18.8. The van der Waals surface area contributed by atoms with Crippen LogP contribution in [0, 0.1) is 11.3 Å². The minimum atomic E-state index is 0.00436. The molecule has 0 radical (unpaired) electrons. The van der Waals surface area contributed by atoms with Gasteiger partial charge in [-0.3, -0.25) is 4.79 Å². The Hall–Kier alpha value is -1.73. The molecular formula is C14H16ClN3O. The van der Waals surface area contributed by atoms with Gasteiger partial charge in [-0.25, -0.2) is 0 Å². The molecule has 1 N–H and O–H groups in total. The maximum absolute atomic E-state index is 11.1. The van der Waals surface area contributed by atoms with Crippen LogP contribution in [0.3, 0.4) is 0 Å². The SMILES string of the molecule is CC(=O)NC1CCCN(c2ccc(C#N)c(Cl)c2)C1. The van der Waals surface area contributed by atoms with Gasteiger partial charge in [0, 0.05) is 31.7 Å². The van der Waals surface area contributed by atoms with Crippen molar-refractivity contribution in [1.82, 2.24) is 5.32 Å². The summed E-state index contributed by atoms with van der Waals surface area (Å²) < 4.78 is 0. The molecule has 1 heterocycles. The number of halogens is 1. The first-order valence-corrected chi connectivity index (χ1v) is 6.69. The van der Waals surface area contributed by atoms with Crippen LogP contribution in [0.4, 0.5) is 5.69 Å². The van der Waals surface area contributed by atoms with E-state index in [0.717, 1.165) is 31.6 Å². The van der Waals surface area contributed by atoms with Crippen LogP contribution >= 0.6 is 11.6 Å². The van der Waals surface area contributed by atoms with E-state index in [1.165, 1.54) is 6.92 Å². The second kappa shape index (κ2) is 5.94. The highest BCUT2D eigenvalue weighted by atomic mass is 35.5. The van der Waals surface area contributed by atoms with Gasteiger partial charge < -0.3 is 10.2 Å². The van der Waals surface area contributed by atoms with Gasteiger partial charge in [0.15, 0.2) is 0 Å². The largest absolute Gasteiger partial charge is 0.369 e. The summed E-state index contributed by atoms with van der Waals surface area (Å²) in [5.41, 5.74) is 1.49. The van der Waals surface area contributed by atoms with Gasteiger partial charge in [0.25, 0.3) is 0 Å². The fourth-order valence-corrected chi connectivity index (χ4v) is 2.63. The van der Waals surface area contributed by atoms with Crippen molar-refractivity contribution in [2.24, 2.45) is 0 Å². The van der Waals surface area contributed by atoms with Crippen molar-refractivity contribution in [3.63, 3.8) is 0 Å². The first-order chi connectivity index (χ1) is 9.10. The summed E-state index contributed by atoms with van der Waals surface area (Å²) in [6, 6.07) is 7.69. The number of rotatable bonds is 2. The van der Waals surface area contributed by atoms with Gasteiger partial charge in [0.2, 0.25) is 5.91 Å². The highest BCUT2D eigenvalue weighted by Gasteiger charge is 2.21. The monoisotopic (exact) mass is 277 g/mol. The van der Waals surface area contributed by atoms with E-state index in [0.29, 0.717) is 10.6 Å². The number of carbonyl (C=O) groups is 1. The average molecular weight is 278 g/mol. The van der Waals surface area contributed by atoms with Crippen molar-refractivity contribution in [1.29, 1.82) is 5.26 Å². The van der Waals surface area contributed by atoms with E-state index in [1.807, 2.05) is 12.1 Å². The molecule has 100 valence electrons. The van der Waals surface area contributed by atoms with E-state index >= 15 is 0 Å². The van der Waals surface area contributed by atoms with Gasteiger partial charge in [-0.15, -0.1) is 0 Å². The smallest absolute Gasteiger partial charge is 0.217 e. The maximum atomic E-state index is 11.1. The number of hydrogen-bond acceptors (Lipinski definition) is 3. The van der Waals surface area contributed by atoms with Gasteiger partial charge in [0.05, 0.1) is 10.6 Å². The van der Waals surface area contributed by atoms with E-state index in [9.17, 15) is 4.79 Å². The standard InChI is InChI=1S/C14H16ClN3O/c1-10(19)17-12-3-2-6-18(9-12)13-5-4-11(8-16)14(15)7-13/h4-5,7,12H,2-3,6,9H2,1H3,(H,17,19). The Morgan fingerprint density at radius 2 is 2.37 bits per heavy atom. The molecule has 0 spiro atoms. The lowest BCUT2D eigenvalue weighted by Crippen LogP contribution is -2.47. The van der Waals surface area contributed by atoms with E-state index < -0.39 is 0 Å². The van der Waals surface area contributed by atoms with E-state index in [-0.39, 0.29) is 11.9 Å². The third-order valence-electron chi connectivity index (χ3n) is 3.27. The molecule has 19 heavy (non-hydrogen) atoms. The summed E-state index contributed by atoms with van der Waals surface area (Å²) in [6.45, 7) is 3.26. The van der Waals surface area contributed by atoms with Crippen LogP contribution in [0.25, 0.3) is 0 Å². The summed E-state index contributed by atoms with van der Waals surface area (Å²) in [5, 5.41) is 12.3. The Labute approximate surface area is 118 Å². The van der Waals surface area contributed by atoms with Gasteiger partial charge in [-0.05, 0) is 31.0 Å². The molecule has 2 rings (SSSR count). The van der Waals surface area contributed by atoms with Gasteiger partial charge >= 0.3 is 0 Å². The number of benzene rings is 1. The molecule has 0 aromatic heterocycles. The Kier molecular flexibility index (Phi) is 4.28. The van der Waals surface area contributed by atoms with Crippen molar-refractivity contribution in [2.75, 3.05) is 18.0 Å². The summed E-state index contributed by atoms with van der Waals surface area (Å²) in [5.74, 6) is 0.00436. The molecule has 0 bridgehead atoms. The molecule has 1 unspecified atom stereocenters. The number of amides is 1. The van der Waals surface area contributed by atoms with Crippen LogP contribution in [0.2, 0.25) is 5.02 Å². The van der Waals surface area contributed by atoms with E-state index in [2.05, 4.69) is 16.3 Å². The van der Waals surface area contributed by atoms with Crippen molar-refractivity contribution in [3.8, 4) is 6.07 Å². The molecule has 1 aromatic rings. The van der Waals surface area contributed by atoms with Gasteiger partial charge in [-0.2, -0.15) is 5.26 Å². The summed E-state index contributed by atoms with van der Waals surface area (Å²) in [7, 11) is 0. The lowest BCUT2D eigenvalue weighted by Gasteiger charge is -2.34. The molecule has 1 atom stereocenters. The molecule has 1 fully saturated rings. The van der Waals surface area contributed by atoms with Crippen molar-refractivity contribution in [2.45, 2.75) is 25.8 Å². The van der Waals surface area contributed by atoms with Crippen LogP contribution in [-0.2, 0) is 4.79 Å². The zero-order valence-corrected chi connectivity index (χ0v) is 11.6. The average Bonchev–Trinajstić information content (AvgIpc) is 2.38. The minimum absolute atomic E-state index is 0.00436. The molecule has 1 aromatic carbocycles. The van der Waals surface area contributed by atoms with Gasteiger partial charge in [0.1, 0.15) is 6.07 Å². The number of carbonyl (C=O) groups excluding carboxylic acids is 1. The number of nitriles is 1. The van der Waals surface area contributed by atoms with Crippen molar-refractivity contribution >= 4 is 23.2 Å². The minimum Gasteiger partial charge on any atom is -0.369 e. The molecule has 0 aliphatic carbocycles. The second-order valence-corrected chi connectivity index (χ2v) is 5.17. The summed E-state index contributed by atoms with van der Waals surface area (Å²) in [6.07, 6.45) is 2.03. The molecule has 4 nitrogen and oxygen atoms in total. The Balaban J connectivity index is 2.11. The van der Waals surface area contributed by atoms with Crippen LogP contribution in [0.1, 0.15) is 25.3 Å². The van der Waals surface area contributed by atoms with Crippen LogP contribution in [0.15, 0.2) is 18.2 Å². The number of anilines is 1. The number of nitrogens with zero attached hydrogens (tertiary/aromatic N) is 2. The quantitative estimate of drug-likeness (QED) is 0.903. The molecular weight excluding hydrogens is 262 g/mol.